The molecule has 0 bridgehead atoms. The molecule has 0 radical (unpaired) electrons. The molecule has 3 aromatic rings. The second kappa shape index (κ2) is 6.71. The average molecular weight is 359 g/mol. The smallest absolute Gasteiger partial charge is 0.271 e. The zero-order valence-electron chi connectivity index (χ0n) is 13.3. The van der Waals surface area contributed by atoms with Gasteiger partial charge in [0.1, 0.15) is 28.7 Å². The molecule has 0 spiro atoms. The first-order valence-corrected chi connectivity index (χ1v) is 7.34. The molecule has 0 saturated heterocycles. The van der Waals surface area contributed by atoms with Gasteiger partial charge in [0, 0.05) is 17.7 Å². The fourth-order valence-corrected chi connectivity index (χ4v) is 2.35. The third-order valence-electron chi connectivity index (χ3n) is 3.62. The van der Waals surface area contributed by atoms with Crippen LogP contribution in [0.2, 0.25) is 0 Å². The van der Waals surface area contributed by atoms with E-state index in [0.29, 0.717) is 5.56 Å². The van der Waals surface area contributed by atoms with Crippen LogP contribution in [-0.4, -0.2) is 16.0 Å². The van der Waals surface area contributed by atoms with Crippen molar-refractivity contribution in [3.8, 4) is 11.3 Å². The normalized spacial score (nSPS) is 10.6. The van der Waals surface area contributed by atoms with E-state index in [1.165, 1.54) is 31.2 Å². The fourth-order valence-electron chi connectivity index (χ4n) is 2.35. The second-order valence-electron chi connectivity index (χ2n) is 5.34. The Hall–Kier alpha value is -3.62. The minimum absolute atomic E-state index is 0.0162. The van der Waals surface area contributed by atoms with Crippen LogP contribution in [-0.2, 0) is 0 Å². The Balaban J connectivity index is 1.97. The molecule has 0 saturated carbocycles. The van der Waals surface area contributed by atoms with Gasteiger partial charge in [-0.3, -0.25) is 14.9 Å². The van der Waals surface area contributed by atoms with Gasteiger partial charge in [-0.25, -0.2) is 8.78 Å². The van der Waals surface area contributed by atoms with Gasteiger partial charge in [0.2, 0.25) is 0 Å². The molecule has 0 aliphatic rings. The largest absolute Gasteiger partial charge is 0.360 e. The SMILES string of the molecule is Cc1onc(-c2ccc(F)cc2)c1C(=O)Nc1cc([N+](=O)[O-])ccc1F. The van der Waals surface area contributed by atoms with Crippen LogP contribution in [0.1, 0.15) is 16.1 Å². The monoisotopic (exact) mass is 359 g/mol. The van der Waals surface area contributed by atoms with Gasteiger partial charge in [-0.05, 0) is 37.3 Å². The molecule has 2 aromatic carbocycles. The molecule has 7 nitrogen and oxygen atoms in total. The first-order valence-electron chi connectivity index (χ1n) is 7.34. The van der Waals surface area contributed by atoms with Crippen LogP contribution in [0.15, 0.2) is 47.0 Å². The van der Waals surface area contributed by atoms with Gasteiger partial charge in [-0.2, -0.15) is 0 Å². The van der Waals surface area contributed by atoms with Gasteiger partial charge in [0.25, 0.3) is 11.6 Å². The Morgan fingerprint density at radius 1 is 1.19 bits per heavy atom. The summed E-state index contributed by atoms with van der Waals surface area (Å²) in [5.74, 6) is -1.89. The van der Waals surface area contributed by atoms with Gasteiger partial charge in [0.15, 0.2) is 0 Å². The van der Waals surface area contributed by atoms with E-state index in [9.17, 15) is 23.7 Å². The first-order chi connectivity index (χ1) is 12.4. The number of carbonyl (C=O) groups excluding carboxylic acids is 1. The van der Waals surface area contributed by atoms with E-state index in [1.807, 2.05) is 0 Å². The topological polar surface area (TPSA) is 98.3 Å². The number of amides is 1. The highest BCUT2D eigenvalue weighted by atomic mass is 19.1. The maximum Gasteiger partial charge on any atom is 0.271 e. The lowest BCUT2D eigenvalue weighted by Crippen LogP contribution is -2.14. The summed E-state index contributed by atoms with van der Waals surface area (Å²) < 4.78 is 32.0. The van der Waals surface area contributed by atoms with E-state index in [1.54, 1.807) is 0 Å². The number of nitrogens with zero attached hydrogens (tertiary/aromatic N) is 2. The van der Waals surface area contributed by atoms with Crippen molar-refractivity contribution in [1.29, 1.82) is 0 Å². The van der Waals surface area contributed by atoms with Gasteiger partial charge in [-0.1, -0.05) is 5.16 Å². The lowest BCUT2D eigenvalue weighted by atomic mass is 10.1. The van der Waals surface area contributed by atoms with Crippen molar-refractivity contribution in [3.05, 3.63) is 75.5 Å². The molecule has 9 heteroatoms. The molecule has 0 fully saturated rings. The molecule has 132 valence electrons. The van der Waals surface area contributed by atoms with Gasteiger partial charge >= 0.3 is 0 Å². The summed E-state index contributed by atoms with van der Waals surface area (Å²) in [4.78, 5) is 22.7. The predicted molar refractivity (Wildman–Crippen MR) is 87.6 cm³/mol. The molecule has 3 rings (SSSR count). The molecule has 0 aliphatic heterocycles. The van der Waals surface area contributed by atoms with Crippen LogP contribution < -0.4 is 5.32 Å². The Morgan fingerprint density at radius 3 is 2.54 bits per heavy atom. The summed E-state index contributed by atoms with van der Waals surface area (Å²) >= 11 is 0. The van der Waals surface area contributed by atoms with Crippen LogP contribution >= 0.6 is 0 Å². The predicted octanol–water partition coefficient (Wildman–Crippen LogP) is 4.09. The molecule has 0 atom stereocenters. The van der Waals surface area contributed by atoms with E-state index >= 15 is 0 Å². The Bertz CT molecular complexity index is 1000. The summed E-state index contributed by atoms with van der Waals surface area (Å²) in [5, 5.41) is 16.9. The molecule has 1 heterocycles. The molecular formula is C17H11F2N3O4. The summed E-state index contributed by atoms with van der Waals surface area (Å²) in [5.41, 5.74) is -0.140. The number of aromatic nitrogens is 1. The Kier molecular flexibility index (Phi) is 4.44. The van der Waals surface area contributed by atoms with E-state index in [0.717, 1.165) is 18.2 Å². The first kappa shape index (κ1) is 17.2. The van der Waals surface area contributed by atoms with Crippen molar-refractivity contribution in [1.82, 2.24) is 5.16 Å². The zero-order valence-corrected chi connectivity index (χ0v) is 13.3. The average Bonchev–Trinajstić information content (AvgIpc) is 2.99. The summed E-state index contributed by atoms with van der Waals surface area (Å²) in [6.45, 7) is 1.48. The summed E-state index contributed by atoms with van der Waals surface area (Å²) in [6, 6.07) is 8.00. The Labute approximate surface area is 145 Å². The van der Waals surface area contributed by atoms with Crippen molar-refractivity contribution < 1.29 is 23.0 Å². The van der Waals surface area contributed by atoms with Crippen LogP contribution in [0.5, 0.6) is 0 Å². The lowest BCUT2D eigenvalue weighted by Gasteiger charge is -2.07. The number of non-ortho nitro benzene ring substituents is 1. The van der Waals surface area contributed by atoms with Crippen molar-refractivity contribution in [2.45, 2.75) is 6.92 Å². The van der Waals surface area contributed by atoms with Crippen LogP contribution in [0.4, 0.5) is 20.2 Å². The number of carbonyl (C=O) groups is 1. The summed E-state index contributed by atoms with van der Waals surface area (Å²) in [6.07, 6.45) is 0. The van der Waals surface area contributed by atoms with E-state index in [4.69, 9.17) is 4.52 Å². The van der Waals surface area contributed by atoms with E-state index < -0.39 is 22.5 Å². The molecule has 1 aromatic heterocycles. The number of anilines is 1. The number of halogens is 2. The van der Waals surface area contributed by atoms with Gasteiger partial charge in [0.05, 0.1) is 10.6 Å². The number of hydrogen-bond donors (Lipinski definition) is 1. The molecule has 26 heavy (non-hydrogen) atoms. The number of rotatable bonds is 4. The highest BCUT2D eigenvalue weighted by molar-refractivity contribution is 6.08. The van der Waals surface area contributed by atoms with Crippen molar-refractivity contribution in [2.75, 3.05) is 5.32 Å². The number of nitro groups is 1. The zero-order chi connectivity index (χ0) is 18.8. The second-order valence-corrected chi connectivity index (χ2v) is 5.34. The minimum atomic E-state index is -0.832. The highest BCUT2D eigenvalue weighted by Crippen LogP contribution is 2.28. The summed E-state index contributed by atoms with van der Waals surface area (Å²) in [7, 11) is 0. The van der Waals surface area contributed by atoms with Gasteiger partial charge < -0.3 is 9.84 Å². The highest BCUT2D eigenvalue weighted by Gasteiger charge is 2.23. The van der Waals surface area contributed by atoms with Crippen molar-refractivity contribution in [2.24, 2.45) is 0 Å². The minimum Gasteiger partial charge on any atom is -0.360 e. The van der Waals surface area contributed by atoms with Gasteiger partial charge in [-0.15, -0.1) is 0 Å². The quantitative estimate of drug-likeness (QED) is 0.559. The third-order valence-corrected chi connectivity index (χ3v) is 3.62. The van der Waals surface area contributed by atoms with Crippen LogP contribution in [0.25, 0.3) is 11.3 Å². The maximum atomic E-state index is 13.9. The molecule has 0 aliphatic carbocycles. The maximum absolute atomic E-state index is 13.9. The number of nitro benzene ring substituents is 1. The van der Waals surface area contributed by atoms with Crippen LogP contribution in [0, 0.1) is 28.7 Å². The third kappa shape index (κ3) is 3.27. The van der Waals surface area contributed by atoms with Crippen molar-refractivity contribution in [3.63, 3.8) is 0 Å². The molecule has 0 unspecified atom stereocenters. The van der Waals surface area contributed by atoms with Crippen LogP contribution in [0.3, 0.4) is 0 Å². The standard InChI is InChI=1S/C17H11F2N3O4/c1-9-15(16(21-26-9)10-2-4-11(18)5-3-10)17(23)20-14-8-12(22(24)25)6-7-13(14)19/h2-8H,1H3,(H,20,23). The fraction of sp³-hybridized carbons (Fsp3) is 0.0588. The molecular weight excluding hydrogens is 348 g/mol. The molecule has 1 N–H and O–H groups in total. The van der Waals surface area contributed by atoms with Crippen molar-refractivity contribution >= 4 is 17.3 Å². The number of hydrogen-bond acceptors (Lipinski definition) is 5. The Morgan fingerprint density at radius 2 is 1.88 bits per heavy atom. The number of aryl methyl sites for hydroxylation is 1. The number of benzene rings is 2. The lowest BCUT2D eigenvalue weighted by molar-refractivity contribution is -0.384. The molecule has 1 amide bonds. The van der Waals surface area contributed by atoms with E-state index in [-0.39, 0.29) is 28.4 Å². The number of nitrogens with one attached hydrogen (secondary N) is 1. The van der Waals surface area contributed by atoms with E-state index in [2.05, 4.69) is 10.5 Å².